The molecule has 0 aromatic carbocycles. The zero-order valence-electron chi connectivity index (χ0n) is 13.6. The van der Waals surface area contributed by atoms with Crippen LogP contribution in [0.4, 0.5) is 0 Å². The molecule has 0 saturated carbocycles. The molecular formula is C16H20N6OS. The van der Waals surface area contributed by atoms with Gasteiger partial charge in [0.1, 0.15) is 0 Å². The standard InChI is InChI=1S/C16H20N6OS/c1-12-10-18-16(24-12)22-8-6-21(7-9-22)11-14-19-15(20-23-14)13-2-4-17-5-3-13/h2-5,12H,6-11H2,1H3. The molecule has 126 valence electrons. The molecular weight excluding hydrogens is 324 g/mol. The average Bonchev–Trinajstić information content (AvgIpc) is 3.26. The maximum absolute atomic E-state index is 5.40. The minimum absolute atomic E-state index is 0.614. The van der Waals surface area contributed by atoms with Gasteiger partial charge in [-0.25, -0.2) is 0 Å². The van der Waals surface area contributed by atoms with Crippen molar-refractivity contribution < 1.29 is 4.52 Å². The quantitative estimate of drug-likeness (QED) is 0.840. The Labute approximate surface area is 145 Å². The Bertz CT molecular complexity index is 710. The number of hydrogen-bond acceptors (Lipinski definition) is 8. The Balaban J connectivity index is 1.32. The van der Waals surface area contributed by atoms with Gasteiger partial charge in [-0.1, -0.05) is 23.8 Å². The summed E-state index contributed by atoms with van der Waals surface area (Å²) in [6.07, 6.45) is 3.46. The van der Waals surface area contributed by atoms with Crippen molar-refractivity contribution in [2.24, 2.45) is 4.99 Å². The van der Waals surface area contributed by atoms with Gasteiger partial charge in [-0.05, 0) is 12.1 Å². The highest BCUT2D eigenvalue weighted by molar-refractivity contribution is 8.14. The Morgan fingerprint density at radius 3 is 2.71 bits per heavy atom. The second kappa shape index (κ2) is 6.90. The first-order valence-corrected chi connectivity index (χ1v) is 9.07. The Morgan fingerprint density at radius 2 is 2.00 bits per heavy atom. The number of pyridine rings is 1. The topological polar surface area (TPSA) is 70.7 Å². The predicted octanol–water partition coefficient (Wildman–Crippen LogP) is 1.74. The summed E-state index contributed by atoms with van der Waals surface area (Å²) in [6.45, 7) is 7.85. The zero-order chi connectivity index (χ0) is 16.4. The lowest BCUT2D eigenvalue weighted by Gasteiger charge is -2.34. The summed E-state index contributed by atoms with van der Waals surface area (Å²) in [5.74, 6) is 1.29. The van der Waals surface area contributed by atoms with E-state index >= 15 is 0 Å². The maximum Gasteiger partial charge on any atom is 0.241 e. The van der Waals surface area contributed by atoms with Crippen molar-refractivity contribution in [3.8, 4) is 11.4 Å². The molecule has 0 N–H and O–H groups in total. The monoisotopic (exact) mass is 344 g/mol. The number of nitrogens with zero attached hydrogens (tertiary/aromatic N) is 6. The van der Waals surface area contributed by atoms with E-state index in [1.165, 1.54) is 5.17 Å². The Morgan fingerprint density at radius 1 is 1.21 bits per heavy atom. The van der Waals surface area contributed by atoms with E-state index in [0.29, 0.717) is 23.5 Å². The summed E-state index contributed by atoms with van der Waals surface area (Å²) >= 11 is 1.89. The van der Waals surface area contributed by atoms with Crippen LogP contribution in [0.3, 0.4) is 0 Å². The van der Waals surface area contributed by atoms with Crippen LogP contribution < -0.4 is 0 Å². The molecule has 0 amide bonds. The molecule has 2 aromatic heterocycles. The van der Waals surface area contributed by atoms with Crippen LogP contribution in [-0.2, 0) is 6.54 Å². The van der Waals surface area contributed by atoms with Crippen LogP contribution in [0.15, 0.2) is 34.0 Å². The van der Waals surface area contributed by atoms with Crippen molar-refractivity contribution in [2.75, 3.05) is 32.7 Å². The van der Waals surface area contributed by atoms with E-state index < -0.39 is 0 Å². The summed E-state index contributed by atoms with van der Waals surface area (Å²) in [5.41, 5.74) is 0.926. The van der Waals surface area contributed by atoms with Crippen molar-refractivity contribution in [3.05, 3.63) is 30.4 Å². The molecule has 2 aliphatic heterocycles. The van der Waals surface area contributed by atoms with Gasteiger partial charge in [0, 0.05) is 49.4 Å². The van der Waals surface area contributed by atoms with Crippen LogP contribution in [0.1, 0.15) is 12.8 Å². The fraction of sp³-hybridized carbons (Fsp3) is 0.500. The molecule has 24 heavy (non-hydrogen) atoms. The van der Waals surface area contributed by atoms with Crippen LogP contribution in [0.25, 0.3) is 11.4 Å². The number of hydrogen-bond donors (Lipinski definition) is 0. The van der Waals surface area contributed by atoms with Crippen LogP contribution >= 0.6 is 11.8 Å². The molecule has 2 aromatic rings. The Hall–Kier alpha value is -1.93. The largest absolute Gasteiger partial charge is 0.349 e. The highest BCUT2D eigenvalue weighted by Crippen LogP contribution is 2.24. The number of piperazine rings is 1. The van der Waals surface area contributed by atoms with Gasteiger partial charge in [-0.3, -0.25) is 14.9 Å². The highest BCUT2D eigenvalue weighted by Gasteiger charge is 2.25. The lowest BCUT2D eigenvalue weighted by Crippen LogP contribution is -2.47. The van der Waals surface area contributed by atoms with Crippen molar-refractivity contribution >= 4 is 16.9 Å². The number of rotatable bonds is 3. The molecule has 0 spiro atoms. The summed E-state index contributed by atoms with van der Waals surface area (Å²) in [4.78, 5) is 17.9. The SMILES string of the molecule is CC1CN=C(N2CCN(Cc3nc(-c4ccncc4)no3)CC2)S1. The van der Waals surface area contributed by atoms with Gasteiger partial charge < -0.3 is 9.42 Å². The number of amidine groups is 1. The predicted molar refractivity (Wildman–Crippen MR) is 93.7 cm³/mol. The third-order valence-corrected chi connectivity index (χ3v) is 5.35. The van der Waals surface area contributed by atoms with Crippen LogP contribution in [0.5, 0.6) is 0 Å². The first-order valence-electron chi connectivity index (χ1n) is 8.19. The van der Waals surface area contributed by atoms with E-state index in [4.69, 9.17) is 4.52 Å². The number of thioether (sulfide) groups is 1. The van der Waals surface area contributed by atoms with Crippen molar-refractivity contribution in [2.45, 2.75) is 18.7 Å². The van der Waals surface area contributed by atoms with Crippen LogP contribution in [-0.4, -0.2) is 68.1 Å². The van der Waals surface area contributed by atoms with Crippen molar-refractivity contribution in [3.63, 3.8) is 0 Å². The number of aliphatic imine (C=N–C) groups is 1. The van der Waals surface area contributed by atoms with Crippen LogP contribution in [0.2, 0.25) is 0 Å². The average molecular weight is 344 g/mol. The third kappa shape index (κ3) is 3.44. The molecule has 2 aliphatic rings. The van der Waals surface area contributed by atoms with E-state index in [1.807, 2.05) is 23.9 Å². The normalized spacial score (nSPS) is 22.0. The van der Waals surface area contributed by atoms with Gasteiger partial charge in [-0.2, -0.15) is 4.98 Å². The molecule has 4 heterocycles. The molecule has 1 saturated heterocycles. The molecule has 8 heteroatoms. The molecule has 0 aliphatic carbocycles. The smallest absolute Gasteiger partial charge is 0.241 e. The van der Waals surface area contributed by atoms with Gasteiger partial charge in [0.15, 0.2) is 5.17 Å². The van der Waals surface area contributed by atoms with E-state index in [1.54, 1.807) is 12.4 Å². The molecule has 0 bridgehead atoms. The summed E-state index contributed by atoms with van der Waals surface area (Å²) in [5, 5.41) is 5.89. The van der Waals surface area contributed by atoms with Crippen LogP contribution in [0, 0.1) is 0 Å². The van der Waals surface area contributed by atoms with E-state index in [-0.39, 0.29) is 0 Å². The van der Waals surface area contributed by atoms with E-state index in [0.717, 1.165) is 38.3 Å². The lowest BCUT2D eigenvalue weighted by molar-refractivity contribution is 0.159. The van der Waals surface area contributed by atoms with Gasteiger partial charge in [0.25, 0.3) is 0 Å². The fourth-order valence-corrected chi connectivity index (χ4v) is 3.85. The molecule has 1 unspecified atom stereocenters. The minimum atomic E-state index is 0.614. The highest BCUT2D eigenvalue weighted by atomic mass is 32.2. The summed E-state index contributed by atoms with van der Waals surface area (Å²) < 4.78 is 5.40. The third-order valence-electron chi connectivity index (χ3n) is 4.20. The molecule has 4 rings (SSSR count). The summed E-state index contributed by atoms with van der Waals surface area (Å²) in [6, 6.07) is 3.77. The Kier molecular flexibility index (Phi) is 4.48. The fourth-order valence-electron chi connectivity index (χ4n) is 2.86. The van der Waals surface area contributed by atoms with Gasteiger partial charge in [0.05, 0.1) is 13.1 Å². The van der Waals surface area contributed by atoms with Gasteiger partial charge in [-0.15, -0.1) is 0 Å². The first-order chi connectivity index (χ1) is 11.8. The number of aromatic nitrogens is 3. The van der Waals surface area contributed by atoms with Gasteiger partial charge in [0.2, 0.25) is 11.7 Å². The lowest BCUT2D eigenvalue weighted by atomic mass is 10.2. The van der Waals surface area contributed by atoms with Gasteiger partial charge >= 0.3 is 0 Å². The molecule has 1 atom stereocenters. The van der Waals surface area contributed by atoms with Crippen molar-refractivity contribution in [1.82, 2.24) is 24.9 Å². The second-order valence-corrected chi connectivity index (χ2v) is 7.47. The molecule has 0 radical (unpaired) electrons. The van der Waals surface area contributed by atoms with E-state index in [2.05, 4.69) is 36.8 Å². The molecule has 1 fully saturated rings. The summed E-state index contributed by atoms with van der Waals surface area (Å²) in [7, 11) is 0. The first kappa shape index (κ1) is 15.6. The second-order valence-electron chi connectivity index (χ2n) is 6.06. The minimum Gasteiger partial charge on any atom is -0.349 e. The molecule has 7 nitrogen and oxygen atoms in total. The zero-order valence-corrected chi connectivity index (χ0v) is 14.4. The van der Waals surface area contributed by atoms with Crippen molar-refractivity contribution in [1.29, 1.82) is 0 Å². The maximum atomic E-state index is 5.40. The van der Waals surface area contributed by atoms with E-state index in [9.17, 15) is 0 Å².